The Labute approximate surface area is 79.9 Å². The Morgan fingerprint density at radius 3 is 2.67 bits per heavy atom. The second-order valence-electron chi connectivity index (χ2n) is 3.16. The summed E-state index contributed by atoms with van der Waals surface area (Å²) in [4.78, 5) is 2.55. The van der Waals surface area contributed by atoms with E-state index in [0.717, 1.165) is 5.75 Å². The predicted octanol–water partition coefficient (Wildman–Crippen LogP) is 1.84. The zero-order valence-electron chi connectivity index (χ0n) is 7.59. The van der Waals surface area contributed by atoms with Crippen molar-refractivity contribution >= 4 is 11.8 Å². The smallest absolute Gasteiger partial charge is 0.0545 e. The van der Waals surface area contributed by atoms with E-state index in [-0.39, 0.29) is 0 Å². The number of rotatable bonds is 4. The molecule has 1 aliphatic heterocycles. The van der Waals surface area contributed by atoms with Gasteiger partial charge in [-0.15, -0.1) is 18.2 Å². The maximum atomic E-state index is 5.16. The van der Waals surface area contributed by atoms with E-state index < -0.39 is 0 Å². The van der Waals surface area contributed by atoms with E-state index in [0.29, 0.717) is 0 Å². The molecule has 0 aromatic carbocycles. The summed E-state index contributed by atoms with van der Waals surface area (Å²) in [5.74, 6) is 4.72. The van der Waals surface area contributed by atoms with Crippen LogP contribution in [0.3, 0.4) is 0 Å². The molecule has 1 saturated heterocycles. The van der Waals surface area contributed by atoms with Gasteiger partial charge < -0.3 is 4.90 Å². The third-order valence-corrected chi connectivity index (χ3v) is 3.03. The number of thioether (sulfide) groups is 1. The highest BCUT2D eigenvalue weighted by Gasteiger charge is 2.08. The zero-order chi connectivity index (χ0) is 8.65. The molecular formula is C10H17NS. The Kier molecular flexibility index (Phi) is 5.30. The standard InChI is InChI=1S/C10H17NS/c1-2-9-12-10-8-11-6-4-3-5-7-11/h1H,3-10H2. The van der Waals surface area contributed by atoms with Crippen molar-refractivity contribution < 1.29 is 0 Å². The Balaban J connectivity index is 1.95. The number of hydrogen-bond acceptors (Lipinski definition) is 2. The van der Waals surface area contributed by atoms with Gasteiger partial charge in [0.1, 0.15) is 0 Å². The third-order valence-electron chi connectivity index (χ3n) is 2.19. The Morgan fingerprint density at radius 2 is 2.00 bits per heavy atom. The molecule has 0 atom stereocenters. The van der Waals surface area contributed by atoms with Gasteiger partial charge >= 0.3 is 0 Å². The molecule has 1 aliphatic rings. The van der Waals surface area contributed by atoms with Crippen molar-refractivity contribution in [3.63, 3.8) is 0 Å². The summed E-state index contributed by atoms with van der Waals surface area (Å²) >= 11 is 1.87. The van der Waals surface area contributed by atoms with Crippen molar-refractivity contribution in [2.24, 2.45) is 0 Å². The topological polar surface area (TPSA) is 3.24 Å². The van der Waals surface area contributed by atoms with Crippen molar-refractivity contribution in [3.05, 3.63) is 0 Å². The highest BCUT2D eigenvalue weighted by atomic mass is 32.2. The van der Waals surface area contributed by atoms with E-state index in [4.69, 9.17) is 6.42 Å². The first kappa shape index (κ1) is 9.95. The van der Waals surface area contributed by atoms with E-state index in [2.05, 4.69) is 10.8 Å². The lowest BCUT2D eigenvalue weighted by molar-refractivity contribution is 0.242. The molecule has 0 radical (unpaired) electrons. The van der Waals surface area contributed by atoms with Crippen LogP contribution in [-0.2, 0) is 0 Å². The Bertz CT molecular complexity index is 144. The van der Waals surface area contributed by atoms with Crippen LogP contribution >= 0.6 is 11.8 Å². The first-order valence-electron chi connectivity index (χ1n) is 4.67. The first-order valence-corrected chi connectivity index (χ1v) is 5.82. The number of likely N-dealkylation sites (tertiary alicyclic amines) is 1. The van der Waals surface area contributed by atoms with Crippen LogP contribution in [0.5, 0.6) is 0 Å². The Morgan fingerprint density at radius 1 is 1.25 bits per heavy atom. The quantitative estimate of drug-likeness (QED) is 0.483. The number of nitrogens with zero attached hydrogens (tertiary/aromatic N) is 1. The highest BCUT2D eigenvalue weighted by Crippen LogP contribution is 2.09. The molecule has 68 valence electrons. The molecular weight excluding hydrogens is 166 g/mol. The summed E-state index contributed by atoms with van der Waals surface area (Å²) in [5.41, 5.74) is 0. The molecule has 0 spiro atoms. The van der Waals surface area contributed by atoms with Gasteiger partial charge in [-0.25, -0.2) is 0 Å². The number of terminal acetylenes is 1. The van der Waals surface area contributed by atoms with Gasteiger partial charge in [0, 0.05) is 12.3 Å². The van der Waals surface area contributed by atoms with Gasteiger partial charge in [-0.2, -0.15) is 0 Å². The molecule has 2 heteroatoms. The van der Waals surface area contributed by atoms with Crippen molar-refractivity contribution in [2.75, 3.05) is 31.1 Å². The number of hydrogen-bond donors (Lipinski definition) is 0. The van der Waals surface area contributed by atoms with Crippen LogP contribution in [0.25, 0.3) is 0 Å². The predicted molar refractivity (Wildman–Crippen MR) is 56.4 cm³/mol. The van der Waals surface area contributed by atoms with Crippen LogP contribution < -0.4 is 0 Å². The molecule has 0 saturated carbocycles. The van der Waals surface area contributed by atoms with Crippen molar-refractivity contribution in [1.82, 2.24) is 4.90 Å². The third kappa shape index (κ3) is 4.04. The molecule has 0 aromatic heterocycles. The van der Waals surface area contributed by atoms with Crippen LogP contribution in [0.15, 0.2) is 0 Å². The molecule has 0 aromatic rings. The van der Waals surface area contributed by atoms with Crippen LogP contribution in [0.4, 0.5) is 0 Å². The van der Waals surface area contributed by atoms with Gasteiger partial charge in [0.05, 0.1) is 5.75 Å². The molecule has 0 amide bonds. The average molecular weight is 183 g/mol. The summed E-state index contributed by atoms with van der Waals surface area (Å²) in [6.45, 7) is 3.83. The van der Waals surface area contributed by atoms with E-state index in [1.165, 1.54) is 44.6 Å². The average Bonchev–Trinajstić information content (AvgIpc) is 2.14. The molecule has 1 heterocycles. The maximum Gasteiger partial charge on any atom is 0.0545 e. The Hall–Kier alpha value is -0.130. The molecule has 0 N–H and O–H groups in total. The molecule has 0 bridgehead atoms. The SMILES string of the molecule is C#CCSCCN1CCCCC1. The van der Waals surface area contributed by atoms with Crippen LogP contribution in [0.2, 0.25) is 0 Å². The maximum absolute atomic E-state index is 5.16. The summed E-state index contributed by atoms with van der Waals surface area (Å²) in [6.07, 6.45) is 9.37. The van der Waals surface area contributed by atoms with Gasteiger partial charge in [0.25, 0.3) is 0 Å². The fraction of sp³-hybridized carbons (Fsp3) is 0.800. The summed E-state index contributed by atoms with van der Waals surface area (Å²) in [7, 11) is 0. The molecule has 12 heavy (non-hydrogen) atoms. The van der Waals surface area contributed by atoms with Crippen LogP contribution in [0, 0.1) is 12.3 Å². The molecule has 1 fully saturated rings. The van der Waals surface area contributed by atoms with E-state index in [9.17, 15) is 0 Å². The lowest BCUT2D eigenvalue weighted by Crippen LogP contribution is -2.31. The van der Waals surface area contributed by atoms with Gasteiger partial charge in [-0.3, -0.25) is 0 Å². The van der Waals surface area contributed by atoms with Crippen molar-refractivity contribution in [1.29, 1.82) is 0 Å². The second-order valence-corrected chi connectivity index (χ2v) is 4.26. The molecule has 0 aliphatic carbocycles. The van der Waals surface area contributed by atoms with E-state index >= 15 is 0 Å². The molecule has 0 unspecified atom stereocenters. The number of piperidine rings is 1. The van der Waals surface area contributed by atoms with Gasteiger partial charge in [0.15, 0.2) is 0 Å². The largest absolute Gasteiger partial charge is 0.303 e. The fourth-order valence-electron chi connectivity index (χ4n) is 1.51. The summed E-state index contributed by atoms with van der Waals surface area (Å²) in [5, 5.41) is 0. The molecule has 1 nitrogen and oxygen atoms in total. The minimum atomic E-state index is 0.869. The fourth-order valence-corrected chi connectivity index (χ4v) is 2.16. The van der Waals surface area contributed by atoms with Gasteiger partial charge in [-0.1, -0.05) is 12.3 Å². The zero-order valence-corrected chi connectivity index (χ0v) is 8.41. The first-order chi connectivity index (χ1) is 5.93. The highest BCUT2D eigenvalue weighted by molar-refractivity contribution is 7.99. The lowest BCUT2D eigenvalue weighted by atomic mass is 10.1. The van der Waals surface area contributed by atoms with Crippen molar-refractivity contribution in [2.45, 2.75) is 19.3 Å². The monoisotopic (exact) mass is 183 g/mol. The van der Waals surface area contributed by atoms with E-state index in [1.807, 2.05) is 11.8 Å². The normalized spacial score (nSPS) is 18.9. The van der Waals surface area contributed by atoms with Crippen LogP contribution in [-0.4, -0.2) is 36.0 Å². The molecule has 1 rings (SSSR count). The van der Waals surface area contributed by atoms with Crippen LogP contribution in [0.1, 0.15) is 19.3 Å². The summed E-state index contributed by atoms with van der Waals surface area (Å²) in [6, 6.07) is 0. The van der Waals surface area contributed by atoms with Gasteiger partial charge in [-0.05, 0) is 25.9 Å². The minimum Gasteiger partial charge on any atom is -0.303 e. The second kappa shape index (κ2) is 6.39. The summed E-state index contributed by atoms with van der Waals surface area (Å²) < 4.78 is 0. The minimum absolute atomic E-state index is 0.869. The van der Waals surface area contributed by atoms with Crippen molar-refractivity contribution in [3.8, 4) is 12.3 Å². The van der Waals surface area contributed by atoms with Gasteiger partial charge in [0.2, 0.25) is 0 Å². The lowest BCUT2D eigenvalue weighted by Gasteiger charge is -2.25. The van der Waals surface area contributed by atoms with E-state index in [1.54, 1.807) is 0 Å².